The summed E-state index contributed by atoms with van der Waals surface area (Å²) in [4.78, 5) is 6.74. The third-order valence-electron chi connectivity index (χ3n) is 2.18. The molecule has 0 unspecified atom stereocenters. The summed E-state index contributed by atoms with van der Waals surface area (Å²) in [7, 11) is 0. The van der Waals surface area contributed by atoms with Gasteiger partial charge in [-0.25, -0.2) is 0 Å². The third kappa shape index (κ3) is 2.21. The number of aliphatic imine (C=N–C) groups is 1. The summed E-state index contributed by atoms with van der Waals surface area (Å²) in [5.41, 5.74) is -0.0174. The van der Waals surface area contributed by atoms with Gasteiger partial charge in [0.15, 0.2) is 0 Å². The van der Waals surface area contributed by atoms with Crippen LogP contribution in [-0.2, 0) is 0 Å². The van der Waals surface area contributed by atoms with E-state index in [9.17, 15) is 0 Å². The minimum Gasteiger partial charge on any atom is -0.355 e. The van der Waals surface area contributed by atoms with Crippen molar-refractivity contribution < 1.29 is 0 Å². The van der Waals surface area contributed by atoms with Gasteiger partial charge in [0.1, 0.15) is 5.84 Å². The van der Waals surface area contributed by atoms with Crippen molar-refractivity contribution in [2.75, 3.05) is 6.54 Å². The van der Waals surface area contributed by atoms with E-state index < -0.39 is 0 Å². The second-order valence-electron chi connectivity index (χ2n) is 4.40. The highest BCUT2D eigenvalue weighted by Gasteiger charge is 2.31. The van der Waals surface area contributed by atoms with Crippen molar-refractivity contribution in [3.05, 3.63) is 0 Å². The molecule has 0 saturated carbocycles. The Morgan fingerprint density at radius 1 is 1.62 bits per heavy atom. The maximum absolute atomic E-state index is 8.64. The third-order valence-corrected chi connectivity index (χ3v) is 2.18. The highest BCUT2D eigenvalue weighted by molar-refractivity contribution is 5.86. The molecule has 0 aliphatic carbocycles. The van der Waals surface area contributed by atoms with Crippen LogP contribution in [0.4, 0.5) is 0 Å². The van der Waals surface area contributed by atoms with Crippen LogP contribution in [0.2, 0.25) is 0 Å². The van der Waals surface area contributed by atoms with E-state index >= 15 is 0 Å². The van der Waals surface area contributed by atoms with Gasteiger partial charge in [-0.1, -0.05) is 0 Å². The molecule has 3 heteroatoms. The maximum Gasteiger partial charge on any atom is 0.114 e. The Morgan fingerprint density at radius 3 is 2.69 bits per heavy atom. The minimum atomic E-state index is -0.0174. The van der Waals surface area contributed by atoms with Crippen molar-refractivity contribution in [3.8, 4) is 6.07 Å². The number of nitriles is 1. The Balaban J connectivity index is 2.81. The molecule has 0 aromatic rings. The van der Waals surface area contributed by atoms with Gasteiger partial charge < -0.3 is 4.90 Å². The molecule has 1 heterocycles. The molecule has 1 rings (SSSR count). The maximum atomic E-state index is 8.64. The fourth-order valence-corrected chi connectivity index (χ4v) is 1.65. The fraction of sp³-hybridized carbons (Fsp3) is 0.800. The summed E-state index contributed by atoms with van der Waals surface area (Å²) >= 11 is 0. The van der Waals surface area contributed by atoms with Gasteiger partial charge in [0.05, 0.1) is 18.0 Å². The SMILES string of the molecule is CC(C)N1CC(C)(C)N=C1CC#N. The lowest BCUT2D eigenvalue weighted by Gasteiger charge is -2.25. The molecule has 72 valence electrons. The lowest BCUT2D eigenvalue weighted by atomic mass is 10.1. The number of nitrogens with zero attached hydrogens (tertiary/aromatic N) is 3. The summed E-state index contributed by atoms with van der Waals surface area (Å²) in [6.45, 7) is 9.41. The highest BCUT2D eigenvalue weighted by atomic mass is 15.3. The van der Waals surface area contributed by atoms with Crippen molar-refractivity contribution in [2.24, 2.45) is 4.99 Å². The Hall–Kier alpha value is -1.04. The fourth-order valence-electron chi connectivity index (χ4n) is 1.65. The molecular formula is C10H17N3. The van der Waals surface area contributed by atoms with E-state index in [1.165, 1.54) is 0 Å². The lowest BCUT2D eigenvalue weighted by molar-refractivity contribution is 0.322. The van der Waals surface area contributed by atoms with E-state index in [4.69, 9.17) is 5.26 Å². The first-order chi connectivity index (χ1) is 5.96. The summed E-state index contributed by atoms with van der Waals surface area (Å²) < 4.78 is 0. The highest BCUT2D eigenvalue weighted by Crippen LogP contribution is 2.22. The van der Waals surface area contributed by atoms with Crippen molar-refractivity contribution in [2.45, 2.75) is 45.7 Å². The van der Waals surface area contributed by atoms with Gasteiger partial charge in [0, 0.05) is 12.6 Å². The molecule has 0 N–H and O–H groups in total. The van der Waals surface area contributed by atoms with E-state index in [1.807, 2.05) is 0 Å². The van der Waals surface area contributed by atoms with Crippen LogP contribution in [0, 0.1) is 11.3 Å². The lowest BCUT2D eigenvalue weighted by Crippen LogP contribution is -2.37. The number of amidine groups is 1. The second-order valence-corrected chi connectivity index (χ2v) is 4.40. The Kier molecular flexibility index (Phi) is 2.60. The minimum absolute atomic E-state index is 0.0174. The van der Waals surface area contributed by atoms with Crippen molar-refractivity contribution in [1.82, 2.24) is 4.90 Å². The first kappa shape index (κ1) is 10.0. The average Bonchev–Trinajstić information content (AvgIpc) is 2.26. The van der Waals surface area contributed by atoms with Crippen LogP contribution in [0.25, 0.3) is 0 Å². The zero-order valence-electron chi connectivity index (χ0n) is 8.83. The van der Waals surface area contributed by atoms with Gasteiger partial charge in [0.25, 0.3) is 0 Å². The summed E-state index contributed by atoms with van der Waals surface area (Å²) in [5, 5.41) is 8.64. The topological polar surface area (TPSA) is 39.4 Å². The average molecular weight is 179 g/mol. The summed E-state index contributed by atoms with van der Waals surface area (Å²) in [5.74, 6) is 0.947. The molecule has 0 fully saturated rings. The van der Waals surface area contributed by atoms with Crippen molar-refractivity contribution >= 4 is 5.84 Å². The first-order valence-electron chi connectivity index (χ1n) is 4.68. The number of rotatable bonds is 2. The van der Waals surface area contributed by atoms with Crippen molar-refractivity contribution in [3.63, 3.8) is 0 Å². The van der Waals surface area contributed by atoms with Crippen LogP contribution in [0.15, 0.2) is 4.99 Å². The van der Waals surface area contributed by atoms with E-state index in [2.05, 4.69) is 43.7 Å². The van der Waals surface area contributed by atoms with Crippen LogP contribution < -0.4 is 0 Å². The zero-order valence-corrected chi connectivity index (χ0v) is 8.83. The molecule has 0 radical (unpaired) electrons. The molecule has 0 atom stereocenters. The van der Waals surface area contributed by atoms with Gasteiger partial charge in [-0.15, -0.1) is 0 Å². The van der Waals surface area contributed by atoms with Gasteiger partial charge in [-0.2, -0.15) is 5.26 Å². The summed E-state index contributed by atoms with van der Waals surface area (Å²) in [6, 6.07) is 2.60. The number of hydrogen-bond acceptors (Lipinski definition) is 3. The van der Waals surface area contributed by atoms with Gasteiger partial charge >= 0.3 is 0 Å². The zero-order chi connectivity index (χ0) is 10.1. The molecule has 0 amide bonds. The van der Waals surface area contributed by atoms with Gasteiger partial charge in [0.2, 0.25) is 0 Å². The molecule has 0 aromatic carbocycles. The Labute approximate surface area is 80.1 Å². The van der Waals surface area contributed by atoms with Crippen LogP contribution in [0.3, 0.4) is 0 Å². The second kappa shape index (κ2) is 3.37. The Bertz CT molecular complexity index is 258. The van der Waals surface area contributed by atoms with Gasteiger partial charge in [-0.05, 0) is 27.7 Å². The molecule has 0 aromatic heterocycles. The van der Waals surface area contributed by atoms with Crippen molar-refractivity contribution in [1.29, 1.82) is 5.26 Å². The molecule has 1 aliphatic heterocycles. The summed E-state index contributed by atoms with van der Waals surface area (Å²) in [6.07, 6.45) is 0.432. The molecular weight excluding hydrogens is 162 g/mol. The predicted octanol–water partition coefficient (Wildman–Crippen LogP) is 1.80. The predicted molar refractivity (Wildman–Crippen MR) is 53.6 cm³/mol. The normalized spacial score (nSPS) is 20.3. The Morgan fingerprint density at radius 2 is 2.23 bits per heavy atom. The van der Waals surface area contributed by atoms with Crippen LogP contribution >= 0.6 is 0 Å². The molecule has 0 saturated heterocycles. The standard InChI is InChI=1S/C10H17N3/c1-8(2)13-7-10(3,4)12-9(13)5-6-11/h8H,5,7H2,1-4H3. The smallest absolute Gasteiger partial charge is 0.114 e. The largest absolute Gasteiger partial charge is 0.355 e. The molecule has 1 aliphatic rings. The number of hydrogen-bond donors (Lipinski definition) is 0. The van der Waals surface area contributed by atoms with Crippen LogP contribution in [0.5, 0.6) is 0 Å². The molecule has 0 bridgehead atoms. The first-order valence-corrected chi connectivity index (χ1v) is 4.68. The van der Waals surface area contributed by atoms with Crippen LogP contribution in [0.1, 0.15) is 34.1 Å². The van der Waals surface area contributed by atoms with Crippen LogP contribution in [-0.4, -0.2) is 28.9 Å². The monoisotopic (exact) mass is 179 g/mol. The van der Waals surface area contributed by atoms with E-state index in [0.29, 0.717) is 12.5 Å². The van der Waals surface area contributed by atoms with E-state index in [-0.39, 0.29) is 5.54 Å². The van der Waals surface area contributed by atoms with E-state index in [0.717, 1.165) is 12.4 Å². The molecule has 13 heavy (non-hydrogen) atoms. The quantitative estimate of drug-likeness (QED) is 0.648. The van der Waals surface area contributed by atoms with Gasteiger partial charge in [-0.3, -0.25) is 4.99 Å². The van der Waals surface area contributed by atoms with E-state index in [1.54, 1.807) is 0 Å². The molecule has 3 nitrogen and oxygen atoms in total. The molecule has 0 spiro atoms.